The summed E-state index contributed by atoms with van der Waals surface area (Å²) in [6.45, 7) is -0.477. The monoisotopic (exact) mass is 369 g/mol. The minimum Gasteiger partial charge on any atom is -0.507 e. The highest BCUT2D eigenvalue weighted by atomic mass is 19.1. The summed E-state index contributed by atoms with van der Waals surface area (Å²) in [6, 6.07) is 12.4. The number of esters is 1. The summed E-state index contributed by atoms with van der Waals surface area (Å²) in [4.78, 5) is 37.9. The van der Waals surface area contributed by atoms with E-state index in [2.05, 4.69) is 4.74 Å². The Kier molecular flexibility index (Phi) is 5.03. The first-order valence-corrected chi connectivity index (χ1v) is 8.10. The highest BCUT2D eigenvalue weighted by molar-refractivity contribution is 6.46. The summed E-state index contributed by atoms with van der Waals surface area (Å²) in [5, 5.41) is 10.7. The van der Waals surface area contributed by atoms with Gasteiger partial charge in [0.2, 0.25) is 0 Å². The molecular formula is C20H16FNO5. The van der Waals surface area contributed by atoms with E-state index in [0.29, 0.717) is 11.1 Å². The molecule has 0 aromatic heterocycles. The van der Waals surface area contributed by atoms with Gasteiger partial charge in [0.05, 0.1) is 18.7 Å². The lowest BCUT2D eigenvalue weighted by atomic mass is 9.95. The van der Waals surface area contributed by atoms with Crippen LogP contribution in [0.15, 0.2) is 60.2 Å². The average Bonchev–Trinajstić information content (AvgIpc) is 2.93. The predicted octanol–water partition coefficient (Wildman–Crippen LogP) is 2.42. The van der Waals surface area contributed by atoms with Crippen molar-refractivity contribution >= 4 is 23.4 Å². The topological polar surface area (TPSA) is 83.9 Å². The maximum atomic E-state index is 13.3. The number of amides is 1. The molecule has 0 aliphatic carbocycles. The van der Waals surface area contributed by atoms with E-state index in [0.717, 1.165) is 12.0 Å². The van der Waals surface area contributed by atoms with Crippen LogP contribution < -0.4 is 0 Å². The van der Waals surface area contributed by atoms with Gasteiger partial charge in [-0.2, -0.15) is 0 Å². The molecule has 0 unspecified atom stereocenters. The molecule has 1 heterocycles. The maximum absolute atomic E-state index is 13.3. The molecule has 27 heavy (non-hydrogen) atoms. The molecule has 1 saturated heterocycles. The normalized spacial score (nSPS) is 18.6. The summed E-state index contributed by atoms with van der Waals surface area (Å²) in [5.41, 5.74) is 0.569. The summed E-state index contributed by atoms with van der Waals surface area (Å²) < 4.78 is 17.9. The molecule has 7 heteroatoms. The van der Waals surface area contributed by atoms with Crippen LogP contribution in [0.25, 0.3) is 5.76 Å². The number of carbonyl (C=O) groups is 3. The molecule has 0 spiro atoms. The highest BCUT2D eigenvalue weighted by Crippen LogP contribution is 2.39. The largest absolute Gasteiger partial charge is 0.507 e. The molecule has 1 aliphatic rings. The number of benzene rings is 2. The average molecular weight is 369 g/mol. The van der Waals surface area contributed by atoms with E-state index in [1.807, 2.05) is 0 Å². The molecule has 2 aromatic rings. The number of hydrogen-bond acceptors (Lipinski definition) is 5. The second-order valence-electron chi connectivity index (χ2n) is 5.92. The summed E-state index contributed by atoms with van der Waals surface area (Å²) in [6.07, 6.45) is 0. The van der Waals surface area contributed by atoms with Crippen LogP contribution >= 0.6 is 0 Å². The van der Waals surface area contributed by atoms with Crippen molar-refractivity contribution in [1.29, 1.82) is 0 Å². The molecule has 0 radical (unpaired) electrons. The molecule has 1 aliphatic heterocycles. The third-order valence-corrected chi connectivity index (χ3v) is 4.30. The SMILES string of the molecule is COC(=O)CN1C(=O)C(=O)C(=C(O)c2ccccc2)[C@@H]1c1ccc(F)cc1. The van der Waals surface area contributed by atoms with Crippen LogP contribution in [0.2, 0.25) is 0 Å². The zero-order valence-corrected chi connectivity index (χ0v) is 14.4. The number of ketones is 1. The second-order valence-corrected chi connectivity index (χ2v) is 5.92. The quantitative estimate of drug-likeness (QED) is 0.387. The molecule has 0 saturated carbocycles. The lowest BCUT2D eigenvalue weighted by molar-refractivity contribution is -0.148. The van der Waals surface area contributed by atoms with Gasteiger partial charge in [-0.15, -0.1) is 0 Å². The van der Waals surface area contributed by atoms with Crippen molar-refractivity contribution in [3.05, 3.63) is 77.1 Å². The summed E-state index contributed by atoms with van der Waals surface area (Å²) in [7, 11) is 1.16. The number of Topliss-reactive ketones (excluding diaryl/α,β-unsaturated/α-hetero) is 1. The number of methoxy groups -OCH3 is 1. The highest BCUT2D eigenvalue weighted by Gasteiger charge is 2.46. The van der Waals surface area contributed by atoms with Gasteiger partial charge in [0, 0.05) is 5.56 Å². The van der Waals surface area contributed by atoms with Crippen molar-refractivity contribution in [2.75, 3.05) is 13.7 Å². The van der Waals surface area contributed by atoms with Crippen LogP contribution in [0.4, 0.5) is 4.39 Å². The second kappa shape index (κ2) is 7.41. The number of aliphatic hydroxyl groups is 1. The number of halogens is 1. The van der Waals surface area contributed by atoms with Crippen molar-refractivity contribution in [2.24, 2.45) is 0 Å². The number of aliphatic hydroxyl groups excluding tert-OH is 1. The minimum absolute atomic E-state index is 0.165. The lowest BCUT2D eigenvalue weighted by Crippen LogP contribution is -2.35. The van der Waals surface area contributed by atoms with Gasteiger partial charge < -0.3 is 14.7 Å². The van der Waals surface area contributed by atoms with E-state index in [9.17, 15) is 23.9 Å². The number of nitrogens with zero attached hydrogens (tertiary/aromatic N) is 1. The zero-order valence-electron chi connectivity index (χ0n) is 14.4. The molecule has 1 N–H and O–H groups in total. The van der Waals surface area contributed by atoms with Gasteiger partial charge in [-0.25, -0.2) is 4.39 Å². The van der Waals surface area contributed by atoms with Crippen LogP contribution in [0.5, 0.6) is 0 Å². The first-order chi connectivity index (χ1) is 12.9. The number of hydrogen-bond donors (Lipinski definition) is 1. The van der Waals surface area contributed by atoms with Crippen LogP contribution in [0, 0.1) is 5.82 Å². The van der Waals surface area contributed by atoms with Crippen LogP contribution in [-0.2, 0) is 19.1 Å². The van der Waals surface area contributed by atoms with Gasteiger partial charge in [-0.1, -0.05) is 42.5 Å². The van der Waals surface area contributed by atoms with E-state index in [1.165, 1.54) is 24.3 Å². The number of rotatable bonds is 4. The Bertz CT molecular complexity index is 921. The first kappa shape index (κ1) is 18.3. The van der Waals surface area contributed by atoms with Crippen LogP contribution in [0.3, 0.4) is 0 Å². The first-order valence-electron chi connectivity index (χ1n) is 8.10. The van der Waals surface area contributed by atoms with Gasteiger partial charge >= 0.3 is 5.97 Å². The molecule has 3 rings (SSSR count). The van der Waals surface area contributed by atoms with E-state index in [4.69, 9.17) is 0 Å². The Balaban J connectivity index is 2.17. The van der Waals surface area contributed by atoms with Crippen molar-refractivity contribution in [2.45, 2.75) is 6.04 Å². The fourth-order valence-corrected chi connectivity index (χ4v) is 2.99. The lowest BCUT2D eigenvalue weighted by Gasteiger charge is -2.24. The Morgan fingerprint density at radius 2 is 1.74 bits per heavy atom. The van der Waals surface area contributed by atoms with Crippen molar-refractivity contribution < 1.29 is 28.6 Å². The summed E-state index contributed by atoms with van der Waals surface area (Å²) in [5.74, 6) is -3.44. The molecule has 2 aromatic carbocycles. The van der Waals surface area contributed by atoms with Gasteiger partial charge in [0.1, 0.15) is 18.1 Å². The Hall–Kier alpha value is -3.48. The molecule has 1 amide bonds. The van der Waals surface area contributed by atoms with Crippen molar-refractivity contribution in [1.82, 2.24) is 4.90 Å². The van der Waals surface area contributed by atoms with Gasteiger partial charge in [-0.05, 0) is 17.7 Å². The van der Waals surface area contributed by atoms with E-state index in [-0.39, 0.29) is 11.3 Å². The Morgan fingerprint density at radius 1 is 1.11 bits per heavy atom. The Morgan fingerprint density at radius 3 is 2.33 bits per heavy atom. The molecular weight excluding hydrogens is 353 g/mol. The molecule has 0 bridgehead atoms. The fourth-order valence-electron chi connectivity index (χ4n) is 2.99. The zero-order chi connectivity index (χ0) is 19.6. The molecule has 138 valence electrons. The molecule has 6 nitrogen and oxygen atoms in total. The number of ether oxygens (including phenoxy) is 1. The number of carbonyl (C=O) groups excluding carboxylic acids is 3. The van der Waals surface area contributed by atoms with Crippen molar-refractivity contribution in [3.63, 3.8) is 0 Å². The minimum atomic E-state index is -1.04. The van der Waals surface area contributed by atoms with Gasteiger partial charge in [0.25, 0.3) is 11.7 Å². The maximum Gasteiger partial charge on any atom is 0.325 e. The summed E-state index contributed by atoms with van der Waals surface area (Å²) >= 11 is 0. The van der Waals surface area contributed by atoms with Crippen LogP contribution in [-0.4, -0.2) is 41.3 Å². The third kappa shape index (κ3) is 3.44. The fraction of sp³-hybridized carbons (Fsp3) is 0.150. The Labute approximate surface area is 154 Å². The molecule has 1 atom stereocenters. The van der Waals surface area contributed by atoms with Crippen LogP contribution in [0.1, 0.15) is 17.2 Å². The smallest absolute Gasteiger partial charge is 0.325 e. The molecule has 1 fully saturated rings. The van der Waals surface area contributed by atoms with E-state index >= 15 is 0 Å². The third-order valence-electron chi connectivity index (χ3n) is 4.30. The standard InChI is InChI=1S/C20H16FNO5/c1-27-15(23)11-22-17(12-7-9-14(21)10-8-12)16(19(25)20(22)26)18(24)13-5-3-2-4-6-13/h2-10,17,24H,11H2,1H3/t17-/m0/s1. The van der Waals surface area contributed by atoms with Gasteiger partial charge in [0.15, 0.2) is 0 Å². The van der Waals surface area contributed by atoms with E-state index < -0.39 is 36.1 Å². The predicted molar refractivity (Wildman–Crippen MR) is 93.9 cm³/mol. The van der Waals surface area contributed by atoms with Crippen molar-refractivity contribution in [3.8, 4) is 0 Å². The van der Waals surface area contributed by atoms with Gasteiger partial charge in [-0.3, -0.25) is 14.4 Å². The number of likely N-dealkylation sites (tertiary alicyclic amines) is 1. The van der Waals surface area contributed by atoms with E-state index in [1.54, 1.807) is 30.3 Å².